The number of cyclic esters (lactones) is 1. The molecule has 1 aromatic carbocycles. The van der Waals surface area contributed by atoms with Crippen LogP contribution in [0.25, 0.3) is 0 Å². The lowest BCUT2D eigenvalue weighted by Crippen LogP contribution is -2.34. The zero-order chi connectivity index (χ0) is 19.4. The van der Waals surface area contributed by atoms with Crippen molar-refractivity contribution in [3.63, 3.8) is 0 Å². The molecule has 2 N–H and O–H groups in total. The Bertz CT molecular complexity index is 853. The molecule has 1 unspecified atom stereocenters. The summed E-state index contributed by atoms with van der Waals surface area (Å²) >= 11 is 7.02. The molecule has 0 saturated carbocycles. The lowest BCUT2D eigenvalue weighted by molar-refractivity contribution is -0.119. The van der Waals surface area contributed by atoms with E-state index in [1.807, 2.05) is 12.1 Å². The average molecular weight is 408 g/mol. The van der Waals surface area contributed by atoms with Crippen molar-refractivity contribution in [2.45, 2.75) is 19.6 Å². The van der Waals surface area contributed by atoms with Gasteiger partial charge in [0.25, 0.3) is 5.91 Å². The van der Waals surface area contributed by atoms with Crippen LogP contribution in [0.4, 0.5) is 10.5 Å². The first-order valence-corrected chi connectivity index (χ1v) is 9.47. The van der Waals surface area contributed by atoms with Gasteiger partial charge in [0.2, 0.25) is 5.91 Å². The van der Waals surface area contributed by atoms with Crippen LogP contribution in [0.15, 0.2) is 36.4 Å². The average Bonchev–Trinajstić information content (AvgIpc) is 3.24. The largest absolute Gasteiger partial charge is 0.442 e. The number of carbonyl (C=O) groups excluding carboxylic acids is 3. The van der Waals surface area contributed by atoms with Gasteiger partial charge in [0, 0.05) is 19.2 Å². The molecule has 9 heteroatoms. The van der Waals surface area contributed by atoms with Crippen LogP contribution in [-0.4, -0.2) is 37.1 Å². The van der Waals surface area contributed by atoms with Crippen LogP contribution >= 0.6 is 22.9 Å². The Balaban J connectivity index is 1.54. The lowest BCUT2D eigenvalue weighted by atomic mass is 10.2. The molecule has 0 radical (unpaired) electrons. The molecule has 1 aromatic heterocycles. The van der Waals surface area contributed by atoms with Gasteiger partial charge in [-0.25, -0.2) is 4.79 Å². The van der Waals surface area contributed by atoms with Crippen molar-refractivity contribution < 1.29 is 19.1 Å². The Kier molecular flexibility index (Phi) is 5.98. The van der Waals surface area contributed by atoms with Gasteiger partial charge in [0.15, 0.2) is 0 Å². The van der Waals surface area contributed by atoms with E-state index in [-0.39, 0.29) is 18.4 Å². The molecular weight excluding hydrogens is 390 g/mol. The van der Waals surface area contributed by atoms with Gasteiger partial charge in [-0.05, 0) is 29.8 Å². The normalized spacial score (nSPS) is 16.1. The van der Waals surface area contributed by atoms with Crippen LogP contribution in [0.2, 0.25) is 4.34 Å². The fourth-order valence-corrected chi connectivity index (χ4v) is 3.55. The number of carbonyl (C=O) groups is 3. The number of benzene rings is 1. The molecule has 2 heterocycles. The van der Waals surface area contributed by atoms with Crippen molar-refractivity contribution in [2.24, 2.45) is 0 Å². The number of nitrogens with one attached hydrogen (secondary N) is 2. The van der Waals surface area contributed by atoms with Crippen molar-refractivity contribution in [1.82, 2.24) is 10.6 Å². The summed E-state index contributed by atoms with van der Waals surface area (Å²) in [7, 11) is 0. The minimum Gasteiger partial charge on any atom is -0.442 e. The molecule has 0 spiro atoms. The third kappa shape index (κ3) is 4.99. The second kappa shape index (κ2) is 8.41. The highest BCUT2D eigenvalue weighted by Crippen LogP contribution is 2.23. The predicted molar refractivity (Wildman–Crippen MR) is 103 cm³/mol. The zero-order valence-electron chi connectivity index (χ0n) is 14.5. The maximum absolute atomic E-state index is 12.1. The Morgan fingerprint density at radius 3 is 2.59 bits per heavy atom. The molecule has 3 rings (SSSR count). The summed E-state index contributed by atoms with van der Waals surface area (Å²) in [6, 6.07) is 10.6. The van der Waals surface area contributed by atoms with Crippen molar-refractivity contribution in [2.75, 3.05) is 18.0 Å². The van der Waals surface area contributed by atoms with E-state index in [0.29, 0.717) is 28.0 Å². The quantitative estimate of drug-likeness (QED) is 0.770. The zero-order valence-corrected chi connectivity index (χ0v) is 16.1. The van der Waals surface area contributed by atoms with Crippen molar-refractivity contribution in [1.29, 1.82) is 0 Å². The Hall–Kier alpha value is -2.58. The number of amides is 3. The number of hydrogen-bond donors (Lipinski definition) is 2. The van der Waals surface area contributed by atoms with Gasteiger partial charge >= 0.3 is 6.09 Å². The summed E-state index contributed by atoms with van der Waals surface area (Å²) in [5.41, 5.74) is 1.63. The summed E-state index contributed by atoms with van der Waals surface area (Å²) in [5.74, 6) is -0.347. The SMILES string of the molecule is CC(=O)NCc1ccc(N2CC(CNC(=O)c3ccc(Cl)s3)OC2=O)cc1. The maximum atomic E-state index is 12.1. The highest BCUT2D eigenvalue weighted by atomic mass is 35.5. The molecule has 3 amide bonds. The molecule has 7 nitrogen and oxygen atoms in total. The van der Waals surface area contributed by atoms with E-state index < -0.39 is 12.2 Å². The highest BCUT2D eigenvalue weighted by molar-refractivity contribution is 7.17. The molecule has 1 atom stereocenters. The Morgan fingerprint density at radius 2 is 1.96 bits per heavy atom. The van der Waals surface area contributed by atoms with Crippen molar-refractivity contribution >= 4 is 46.5 Å². The van der Waals surface area contributed by atoms with Gasteiger partial charge in [-0.1, -0.05) is 23.7 Å². The van der Waals surface area contributed by atoms with Crippen LogP contribution in [0.1, 0.15) is 22.2 Å². The van der Waals surface area contributed by atoms with Crippen LogP contribution in [0.5, 0.6) is 0 Å². The Labute approximate surface area is 165 Å². The lowest BCUT2D eigenvalue weighted by Gasteiger charge is -2.14. The summed E-state index contributed by atoms with van der Waals surface area (Å²) in [4.78, 5) is 37.2. The van der Waals surface area contributed by atoms with Crippen LogP contribution in [0.3, 0.4) is 0 Å². The molecule has 1 fully saturated rings. The molecule has 1 aliphatic heterocycles. The fraction of sp³-hybridized carbons (Fsp3) is 0.278. The number of hydrogen-bond acceptors (Lipinski definition) is 5. The second-order valence-corrected chi connectivity index (χ2v) is 7.72. The first-order chi connectivity index (χ1) is 12.9. The maximum Gasteiger partial charge on any atom is 0.414 e. The van der Waals surface area contributed by atoms with E-state index in [0.717, 1.165) is 5.56 Å². The van der Waals surface area contributed by atoms with E-state index in [1.54, 1.807) is 24.3 Å². The van der Waals surface area contributed by atoms with Gasteiger partial charge in [-0.2, -0.15) is 0 Å². The molecule has 2 aromatic rings. The Morgan fingerprint density at radius 1 is 1.22 bits per heavy atom. The molecule has 0 aliphatic carbocycles. The van der Waals surface area contributed by atoms with Gasteiger partial charge in [-0.15, -0.1) is 11.3 Å². The van der Waals surface area contributed by atoms with Crippen molar-refractivity contribution in [3.8, 4) is 0 Å². The van der Waals surface area contributed by atoms with Gasteiger partial charge in [0.1, 0.15) is 6.10 Å². The number of ether oxygens (including phenoxy) is 1. The van der Waals surface area contributed by atoms with E-state index in [2.05, 4.69) is 10.6 Å². The van der Waals surface area contributed by atoms with E-state index in [4.69, 9.17) is 16.3 Å². The number of halogens is 1. The molecule has 142 valence electrons. The molecule has 0 bridgehead atoms. The second-order valence-electron chi connectivity index (χ2n) is 6.01. The van der Waals surface area contributed by atoms with E-state index in [9.17, 15) is 14.4 Å². The standard InChI is InChI=1S/C18H18ClN3O4S/c1-11(23)20-8-12-2-4-13(5-3-12)22-10-14(26-18(22)25)9-21-17(24)15-6-7-16(19)27-15/h2-7,14H,8-10H2,1H3,(H,20,23)(H,21,24). The fourth-order valence-electron chi connectivity index (χ4n) is 2.59. The third-order valence-electron chi connectivity index (χ3n) is 3.95. The van der Waals surface area contributed by atoms with E-state index in [1.165, 1.54) is 23.2 Å². The van der Waals surface area contributed by atoms with Crippen molar-refractivity contribution in [3.05, 3.63) is 51.2 Å². The summed E-state index contributed by atoms with van der Waals surface area (Å²) in [6.45, 7) is 2.45. The van der Waals surface area contributed by atoms with Crippen LogP contribution < -0.4 is 15.5 Å². The first kappa shape index (κ1) is 19.2. The molecule has 1 aliphatic rings. The van der Waals surface area contributed by atoms with Gasteiger partial charge < -0.3 is 15.4 Å². The molecule has 27 heavy (non-hydrogen) atoms. The van der Waals surface area contributed by atoms with Gasteiger partial charge in [0.05, 0.1) is 22.3 Å². The summed E-state index contributed by atoms with van der Waals surface area (Å²) in [6.07, 6.45) is -0.890. The smallest absolute Gasteiger partial charge is 0.414 e. The number of nitrogens with zero attached hydrogens (tertiary/aromatic N) is 1. The topological polar surface area (TPSA) is 87.7 Å². The monoisotopic (exact) mass is 407 g/mol. The number of thiophene rings is 1. The minimum atomic E-state index is -0.456. The number of rotatable bonds is 6. The van der Waals surface area contributed by atoms with Gasteiger partial charge in [-0.3, -0.25) is 14.5 Å². The van der Waals surface area contributed by atoms with E-state index >= 15 is 0 Å². The predicted octanol–water partition coefficient (Wildman–Crippen LogP) is 2.79. The van der Waals surface area contributed by atoms with Crippen LogP contribution in [0, 0.1) is 0 Å². The number of anilines is 1. The van der Waals surface area contributed by atoms with Crippen LogP contribution in [-0.2, 0) is 16.1 Å². The summed E-state index contributed by atoms with van der Waals surface area (Å²) < 4.78 is 5.86. The molecular formula is C18H18ClN3O4S. The molecule has 1 saturated heterocycles. The third-order valence-corrected chi connectivity index (χ3v) is 5.18. The first-order valence-electron chi connectivity index (χ1n) is 8.27. The summed E-state index contributed by atoms with van der Waals surface area (Å²) in [5, 5.41) is 5.47. The minimum absolute atomic E-state index is 0.100. The highest BCUT2D eigenvalue weighted by Gasteiger charge is 2.32.